The van der Waals surface area contributed by atoms with Crippen molar-refractivity contribution in [3.63, 3.8) is 0 Å². The fourth-order valence-electron chi connectivity index (χ4n) is 2.43. The maximum absolute atomic E-state index is 6.37. The Morgan fingerprint density at radius 3 is 2.43 bits per heavy atom. The normalized spacial score (nSPS) is 15.3. The highest BCUT2D eigenvalue weighted by atomic mass is 79.9. The topological polar surface area (TPSA) is 15.3 Å². The van der Waals surface area contributed by atoms with Crippen LogP contribution >= 0.6 is 27.5 Å². The second kappa shape index (κ2) is 7.96. The van der Waals surface area contributed by atoms with E-state index in [-0.39, 0.29) is 6.04 Å². The van der Waals surface area contributed by atoms with Crippen molar-refractivity contribution in [2.24, 2.45) is 5.41 Å². The Morgan fingerprint density at radius 2 is 1.95 bits per heavy atom. The van der Waals surface area contributed by atoms with Gasteiger partial charge >= 0.3 is 0 Å². The Hall–Kier alpha value is -0.0900. The second-order valence-electron chi connectivity index (χ2n) is 6.82. The standard InChI is InChI=1S/C17H28BrClN2/c1-12(17(2,3)4)21(6)10-9-16(20-5)14-8-7-13(18)11-15(14)19/h7-8,11-12,16,20H,9-10H2,1-6H3. The number of hydrogen-bond donors (Lipinski definition) is 1. The third-order valence-corrected chi connectivity index (χ3v) is 5.19. The lowest BCUT2D eigenvalue weighted by Crippen LogP contribution is -2.40. The monoisotopic (exact) mass is 374 g/mol. The molecule has 21 heavy (non-hydrogen) atoms. The fraction of sp³-hybridized carbons (Fsp3) is 0.647. The number of halogens is 2. The molecule has 0 spiro atoms. The minimum atomic E-state index is 0.278. The van der Waals surface area contributed by atoms with Gasteiger partial charge in [0.05, 0.1) is 0 Å². The van der Waals surface area contributed by atoms with Crippen molar-refractivity contribution in [3.05, 3.63) is 33.3 Å². The molecule has 0 fully saturated rings. The second-order valence-corrected chi connectivity index (χ2v) is 8.14. The summed E-state index contributed by atoms with van der Waals surface area (Å²) in [5.74, 6) is 0. The van der Waals surface area contributed by atoms with Crippen LogP contribution in [0.5, 0.6) is 0 Å². The Balaban J connectivity index is 2.71. The smallest absolute Gasteiger partial charge is 0.0465 e. The summed E-state index contributed by atoms with van der Waals surface area (Å²) < 4.78 is 1.02. The molecule has 2 nitrogen and oxygen atoms in total. The third-order valence-electron chi connectivity index (χ3n) is 4.37. The molecule has 2 atom stereocenters. The third kappa shape index (κ3) is 5.55. The van der Waals surface area contributed by atoms with Crippen molar-refractivity contribution < 1.29 is 0 Å². The molecule has 0 saturated carbocycles. The summed E-state index contributed by atoms with van der Waals surface area (Å²) in [5.41, 5.74) is 1.46. The van der Waals surface area contributed by atoms with Crippen molar-refractivity contribution in [1.29, 1.82) is 0 Å². The van der Waals surface area contributed by atoms with E-state index in [0.29, 0.717) is 11.5 Å². The van der Waals surface area contributed by atoms with E-state index in [4.69, 9.17) is 11.6 Å². The summed E-state index contributed by atoms with van der Waals surface area (Å²) in [5, 5.41) is 4.20. The first kappa shape index (κ1) is 19.0. The maximum atomic E-state index is 6.37. The number of rotatable bonds is 6. The first-order chi connectivity index (χ1) is 9.66. The fourth-order valence-corrected chi connectivity index (χ4v) is 3.23. The Kier molecular flexibility index (Phi) is 7.18. The van der Waals surface area contributed by atoms with E-state index in [9.17, 15) is 0 Å². The van der Waals surface area contributed by atoms with Gasteiger partial charge in [-0.25, -0.2) is 0 Å². The molecule has 0 heterocycles. The lowest BCUT2D eigenvalue weighted by Gasteiger charge is -2.36. The molecule has 1 aromatic rings. The van der Waals surface area contributed by atoms with Gasteiger partial charge in [-0.15, -0.1) is 0 Å². The predicted molar refractivity (Wildman–Crippen MR) is 97.1 cm³/mol. The van der Waals surface area contributed by atoms with E-state index in [1.54, 1.807) is 0 Å². The molecule has 0 aliphatic rings. The van der Waals surface area contributed by atoms with E-state index < -0.39 is 0 Å². The van der Waals surface area contributed by atoms with Gasteiger partial charge in [-0.3, -0.25) is 0 Å². The van der Waals surface area contributed by atoms with Gasteiger partial charge < -0.3 is 10.2 Å². The zero-order valence-corrected chi connectivity index (χ0v) is 16.3. The summed E-state index contributed by atoms with van der Waals surface area (Å²) in [6.45, 7) is 10.2. The highest BCUT2D eigenvalue weighted by molar-refractivity contribution is 9.10. The van der Waals surface area contributed by atoms with Gasteiger partial charge in [0.1, 0.15) is 0 Å². The molecule has 120 valence electrons. The molecule has 1 rings (SSSR count). The van der Waals surface area contributed by atoms with Gasteiger partial charge in [0.25, 0.3) is 0 Å². The number of nitrogens with one attached hydrogen (secondary N) is 1. The molecule has 0 aromatic heterocycles. The summed E-state index contributed by atoms with van der Waals surface area (Å²) >= 11 is 9.83. The van der Waals surface area contributed by atoms with E-state index in [1.165, 1.54) is 5.56 Å². The minimum Gasteiger partial charge on any atom is -0.313 e. The molecule has 4 heteroatoms. The van der Waals surface area contributed by atoms with Crippen LogP contribution in [0, 0.1) is 5.41 Å². The lowest BCUT2D eigenvalue weighted by molar-refractivity contribution is 0.136. The molecule has 0 aliphatic carbocycles. The molecular formula is C17H28BrClN2. The van der Waals surface area contributed by atoms with Gasteiger partial charge in [-0.1, -0.05) is 54.4 Å². The molecule has 0 radical (unpaired) electrons. The van der Waals surface area contributed by atoms with Crippen molar-refractivity contribution in [3.8, 4) is 0 Å². The minimum absolute atomic E-state index is 0.278. The van der Waals surface area contributed by atoms with Gasteiger partial charge in [-0.2, -0.15) is 0 Å². The maximum Gasteiger partial charge on any atom is 0.0465 e. The van der Waals surface area contributed by atoms with Crippen LogP contribution in [0.4, 0.5) is 0 Å². The van der Waals surface area contributed by atoms with Crippen LogP contribution in [-0.2, 0) is 0 Å². The van der Waals surface area contributed by atoms with Crippen molar-refractivity contribution >= 4 is 27.5 Å². The van der Waals surface area contributed by atoms with E-state index >= 15 is 0 Å². The zero-order valence-electron chi connectivity index (χ0n) is 14.0. The highest BCUT2D eigenvalue weighted by Gasteiger charge is 2.24. The summed E-state index contributed by atoms with van der Waals surface area (Å²) in [7, 11) is 4.20. The summed E-state index contributed by atoms with van der Waals surface area (Å²) in [6.07, 6.45) is 1.04. The lowest BCUT2D eigenvalue weighted by atomic mass is 9.87. The van der Waals surface area contributed by atoms with Crippen LogP contribution in [0.3, 0.4) is 0 Å². The number of benzene rings is 1. The van der Waals surface area contributed by atoms with Gasteiger partial charge in [0, 0.05) is 21.6 Å². The van der Waals surface area contributed by atoms with Gasteiger partial charge in [-0.05, 0) is 57.1 Å². The number of hydrogen-bond acceptors (Lipinski definition) is 2. The van der Waals surface area contributed by atoms with Crippen LogP contribution in [-0.4, -0.2) is 31.6 Å². The molecule has 0 saturated heterocycles. The average molecular weight is 376 g/mol. The SMILES string of the molecule is CNC(CCN(C)C(C)C(C)(C)C)c1ccc(Br)cc1Cl. The summed E-state index contributed by atoms with van der Waals surface area (Å²) in [6, 6.07) is 6.92. The van der Waals surface area contributed by atoms with Crippen molar-refractivity contribution in [2.75, 3.05) is 20.6 Å². The first-order valence-electron chi connectivity index (χ1n) is 7.49. The Labute approximate surface area is 143 Å². The molecule has 1 aromatic carbocycles. The van der Waals surface area contributed by atoms with E-state index in [2.05, 4.69) is 67.0 Å². The molecule has 0 bridgehead atoms. The molecule has 1 N–H and O–H groups in total. The molecular weight excluding hydrogens is 348 g/mol. The van der Waals surface area contributed by atoms with Crippen molar-refractivity contribution in [2.45, 2.75) is 46.2 Å². The van der Waals surface area contributed by atoms with Crippen LogP contribution in [0.2, 0.25) is 5.02 Å². The zero-order chi connectivity index (χ0) is 16.2. The molecule has 2 unspecified atom stereocenters. The summed E-state index contributed by atoms with van der Waals surface area (Å²) in [4.78, 5) is 2.43. The molecule has 0 aliphatic heterocycles. The Bertz CT molecular complexity index is 457. The van der Waals surface area contributed by atoms with Crippen LogP contribution < -0.4 is 5.32 Å². The Morgan fingerprint density at radius 1 is 1.33 bits per heavy atom. The molecule has 0 amide bonds. The van der Waals surface area contributed by atoms with E-state index in [0.717, 1.165) is 22.5 Å². The quantitative estimate of drug-likeness (QED) is 0.742. The van der Waals surface area contributed by atoms with Gasteiger partial charge in [0.2, 0.25) is 0 Å². The first-order valence-corrected chi connectivity index (χ1v) is 8.66. The average Bonchev–Trinajstić information content (AvgIpc) is 2.39. The van der Waals surface area contributed by atoms with Crippen LogP contribution in [0.15, 0.2) is 22.7 Å². The predicted octanol–water partition coefficient (Wildman–Crippen LogP) is 5.12. The largest absolute Gasteiger partial charge is 0.313 e. The van der Waals surface area contributed by atoms with Crippen LogP contribution in [0.1, 0.15) is 45.7 Å². The van der Waals surface area contributed by atoms with E-state index in [1.807, 2.05) is 19.2 Å². The van der Waals surface area contributed by atoms with Crippen molar-refractivity contribution in [1.82, 2.24) is 10.2 Å². The van der Waals surface area contributed by atoms with Crippen LogP contribution in [0.25, 0.3) is 0 Å². The number of nitrogens with zero attached hydrogens (tertiary/aromatic N) is 1. The highest BCUT2D eigenvalue weighted by Crippen LogP contribution is 2.29. The van der Waals surface area contributed by atoms with Gasteiger partial charge in [0.15, 0.2) is 0 Å².